The van der Waals surface area contributed by atoms with Crippen LogP contribution < -0.4 is 11.5 Å². The molecule has 0 spiro atoms. The monoisotopic (exact) mass is 252 g/mol. The van der Waals surface area contributed by atoms with Gasteiger partial charge < -0.3 is 11.5 Å². The maximum atomic E-state index is 12.1. The van der Waals surface area contributed by atoms with Gasteiger partial charge in [0, 0.05) is 0 Å². The Kier molecular flexibility index (Phi) is 3.93. The summed E-state index contributed by atoms with van der Waals surface area (Å²) in [5, 5.41) is 0. The van der Waals surface area contributed by atoms with Gasteiger partial charge in [-0.05, 0) is 31.6 Å². The lowest BCUT2D eigenvalue weighted by molar-refractivity contribution is -0.148. The van der Waals surface area contributed by atoms with Crippen molar-refractivity contribution in [3.05, 3.63) is 0 Å². The second kappa shape index (κ2) is 5.29. The Balaban J connectivity index is 2.32. The topological polar surface area (TPSA) is 86.2 Å². The van der Waals surface area contributed by atoms with Crippen LogP contribution in [0.2, 0.25) is 0 Å². The van der Waals surface area contributed by atoms with Crippen molar-refractivity contribution in [2.75, 3.05) is 0 Å². The van der Waals surface area contributed by atoms with Crippen molar-refractivity contribution in [3.8, 4) is 0 Å². The van der Waals surface area contributed by atoms with Gasteiger partial charge in [0.05, 0.1) is 11.3 Å². The Morgan fingerprint density at radius 2 is 1.50 bits per heavy atom. The minimum absolute atomic E-state index is 0.265. The zero-order valence-corrected chi connectivity index (χ0v) is 11.0. The van der Waals surface area contributed by atoms with Gasteiger partial charge in [0.2, 0.25) is 11.8 Å². The van der Waals surface area contributed by atoms with E-state index in [1.807, 2.05) is 0 Å². The maximum Gasteiger partial charge on any atom is 0.224 e. The molecule has 0 aromatic carbocycles. The number of rotatable bonds is 3. The van der Waals surface area contributed by atoms with E-state index in [9.17, 15) is 9.59 Å². The van der Waals surface area contributed by atoms with E-state index in [1.165, 1.54) is 6.42 Å². The maximum absolute atomic E-state index is 12.1. The quantitative estimate of drug-likeness (QED) is 0.801. The number of carbonyl (C=O) groups is 2. The molecule has 0 aliphatic heterocycles. The molecule has 102 valence electrons. The zero-order chi connectivity index (χ0) is 13.2. The smallest absolute Gasteiger partial charge is 0.224 e. The fourth-order valence-corrected chi connectivity index (χ4v) is 4.20. The SMILES string of the molecule is NC(=O)C1CCCCC1(C(N)=O)C1CCCCC1. The molecular formula is C14H24N2O2. The molecule has 4 N–H and O–H groups in total. The van der Waals surface area contributed by atoms with Crippen molar-refractivity contribution in [3.63, 3.8) is 0 Å². The molecule has 0 saturated heterocycles. The predicted octanol–water partition coefficient (Wildman–Crippen LogP) is 1.71. The lowest BCUT2D eigenvalue weighted by Gasteiger charge is -2.47. The van der Waals surface area contributed by atoms with Crippen LogP contribution in [0.1, 0.15) is 57.8 Å². The summed E-state index contributed by atoms with van der Waals surface area (Å²) in [7, 11) is 0. The van der Waals surface area contributed by atoms with Gasteiger partial charge in [-0.2, -0.15) is 0 Å². The van der Waals surface area contributed by atoms with E-state index in [1.54, 1.807) is 0 Å². The fraction of sp³-hybridized carbons (Fsp3) is 0.857. The van der Waals surface area contributed by atoms with Crippen molar-refractivity contribution < 1.29 is 9.59 Å². The van der Waals surface area contributed by atoms with Crippen LogP contribution in [0.15, 0.2) is 0 Å². The molecule has 0 heterocycles. The van der Waals surface area contributed by atoms with Gasteiger partial charge in [0.25, 0.3) is 0 Å². The highest BCUT2D eigenvalue weighted by molar-refractivity contribution is 5.89. The molecule has 0 aromatic rings. The average molecular weight is 252 g/mol. The third-order valence-electron chi connectivity index (χ3n) is 5.09. The largest absolute Gasteiger partial charge is 0.369 e. The second-order valence-electron chi connectivity index (χ2n) is 5.94. The summed E-state index contributed by atoms with van der Waals surface area (Å²) in [6.45, 7) is 0. The third-order valence-corrected chi connectivity index (χ3v) is 5.09. The molecule has 2 unspecified atom stereocenters. The molecule has 2 saturated carbocycles. The molecule has 2 fully saturated rings. The average Bonchev–Trinajstić information content (AvgIpc) is 2.39. The number of hydrogen-bond acceptors (Lipinski definition) is 2. The Morgan fingerprint density at radius 3 is 2.06 bits per heavy atom. The van der Waals surface area contributed by atoms with Crippen molar-refractivity contribution in [2.24, 2.45) is 28.7 Å². The Hall–Kier alpha value is -1.06. The highest BCUT2D eigenvalue weighted by Gasteiger charge is 2.53. The third kappa shape index (κ3) is 2.13. The van der Waals surface area contributed by atoms with Crippen LogP contribution in [0.5, 0.6) is 0 Å². The molecule has 4 heteroatoms. The molecule has 0 bridgehead atoms. The van der Waals surface area contributed by atoms with Crippen molar-refractivity contribution in [1.82, 2.24) is 0 Å². The lowest BCUT2D eigenvalue weighted by atomic mass is 9.56. The summed E-state index contributed by atoms with van der Waals surface area (Å²) >= 11 is 0. The number of amides is 2. The summed E-state index contributed by atoms with van der Waals surface area (Å²) in [4.78, 5) is 23.8. The molecule has 0 aromatic heterocycles. The Labute approximate surface area is 108 Å². The zero-order valence-electron chi connectivity index (χ0n) is 11.0. The Bertz CT molecular complexity index is 337. The van der Waals surface area contributed by atoms with Crippen LogP contribution in [0.25, 0.3) is 0 Å². The van der Waals surface area contributed by atoms with Gasteiger partial charge in [0.15, 0.2) is 0 Å². The first-order valence-corrected chi connectivity index (χ1v) is 7.18. The number of hydrogen-bond donors (Lipinski definition) is 2. The van der Waals surface area contributed by atoms with E-state index in [4.69, 9.17) is 11.5 Å². The molecule has 18 heavy (non-hydrogen) atoms. The molecule has 2 amide bonds. The van der Waals surface area contributed by atoms with Crippen LogP contribution in [-0.4, -0.2) is 11.8 Å². The summed E-state index contributed by atoms with van der Waals surface area (Å²) in [5.41, 5.74) is 10.6. The van der Waals surface area contributed by atoms with Crippen LogP contribution in [-0.2, 0) is 9.59 Å². The predicted molar refractivity (Wildman–Crippen MR) is 69.4 cm³/mol. The molecular weight excluding hydrogens is 228 g/mol. The first-order valence-electron chi connectivity index (χ1n) is 7.18. The molecule has 4 nitrogen and oxygen atoms in total. The minimum Gasteiger partial charge on any atom is -0.369 e. The normalized spacial score (nSPS) is 34.1. The van der Waals surface area contributed by atoms with Crippen LogP contribution in [0.3, 0.4) is 0 Å². The summed E-state index contributed by atoms with van der Waals surface area (Å²) in [6, 6.07) is 0. The standard InChI is InChI=1S/C14H24N2O2/c15-12(17)11-8-4-5-9-14(11,13(16)18)10-6-2-1-3-7-10/h10-11H,1-9H2,(H2,15,17)(H2,16,18). The molecule has 2 aliphatic carbocycles. The molecule has 0 radical (unpaired) electrons. The fourth-order valence-electron chi connectivity index (χ4n) is 4.20. The summed E-state index contributed by atoms with van der Waals surface area (Å²) in [5.74, 6) is -0.703. The van der Waals surface area contributed by atoms with Gasteiger partial charge in [-0.15, -0.1) is 0 Å². The lowest BCUT2D eigenvalue weighted by Crippen LogP contribution is -2.54. The molecule has 2 aliphatic rings. The van der Waals surface area contributed by atoms with E-state index in [0.717, 1.165) is 51.4 Å². The van der Waals surface area contributed by atoms with Gasteiger partial charge in [-0.25, -0.2) is 0 Å². The van der Waals surface area contributed by atoms with E-state index in [-0.39, 0.29) is 23.7 Å². The Morgan fingerprint density at radius 1 is 0.889 bits per heavy atom. The van der Waals surface area contributed by atoms with Gasteiger partial charge >= 0.3 is 0 Å². The van der Waals surface area contributed by atoms with E-state index in [2.05, 4.69) is 0 Å². The van der Waals surface area contributed by atoms with Crippen LogP contribution in [0.4, 0.5) is 0 Å². The highest BCUT2D eigenvalue weighted by atomic mass is 16.2. The van der Waals surface area contributed by atoms with E-state index < -0.39 is 5.41 Å². The highest BCUT2D eigenvalue weighted by Crippen LogP contribution is 2.51. The number of carbonyl (C=O) groups excluding carboxylic acids is 2. The summed E-state index contributed by atoms with van der Waals surface area (Å²) < 4.78 is 0. The van der Waals surface area contributed by atoms with E-state index in [0.29, 0.717) is 0 Å². The minimum atomic E-state index is -0.648. The van der Waals surface area contributed by atoms with Gasteiger partial charge in [-0.3, -0.25) is 9.59 Å². The van der Waals surface area contributed by atoms with Crippen LogP contribution in [0, 0.1) is 17.3 Å². The first-order chi connectivity index (χ1) is 8.59. The van der Waals surface area contributed by atoms with Gasteiger partial charge in [-0.1, -0.05) is 32.1 Å². The van der Waals surface area contributed by atoms with Crippen LogP contribution >= 0.6 is 0 Å². The number of nitrogens with two attached hydrogens (primary N) is 2. The van der Waals surface area contributed by atoms with Gasteiger partial charge in [0.1, 0.15) is 0 Å². The van der Waals surface area contributed by atoms with E-state index >= 15 is 0 Å². The molecule has 2 rings (SSSR count). The first kappa shape index (κ1) is 13.4. The number of primary amides is 2. The van der Waals surface area contributed by atoms with Crippen molar-refractivity contribution in [1.29, 1.82) is 0 Å². The second-order valence-corrected chi connectivity index (χ2v) is 5.94. The molecule has 2 atom stereocenters. The summed E-state index contributed by atoms with van der Waals surface area (Å²) in [6.07, 6.45) is 9.01. The van der Waals surface area contributed by atoms with Crippen molar-refractivity contribution in [2.45, 2.75) is 57.8 Å². The van der Waals surface area contributed by atoms with Crippen molar-refractivity contribution >= 4 is 11.8 Å².